The van der Waals surface area contributed by atoms with Gasteiger partial charge >= 0.3 is 0 Å². The van der Waals surface area contributed by atoms with Gasteiger partial charge < -0.3 is 0 Å². The van der Waals surface area contributed by atoms with Crippen LogP contribution >= 0.6 is 11.3 Å². The Balaban J connectivity index is 2.22. The Bertz CT molecular complexity index is 558. The first kappa shape index (κ1) is 8.49. The van der Waals surface area contributed by atoms with Gasteiger partial charge in [-0.25, -0.2) is 9.98 Å². The molecule has 0 saturated carbocycles. The fourth-order valence-electron chi connectivity index (χ4n) is 1.62. The number of aliphatic imine (C=N–C) groups is 1. The fraction of sp³-hybridized carbons (Fsp3) is 0. The first-order valence-corrected chi connectivity index (χ1v) is 5.41. The quantitative estimate of drug-likeness (QED) is 0.729. The number of nitrogens with zero attached hydrogens (tertiary/aromatic N) is 2. The minimum absolute atomic E-state index is 0.173. The molecule has 0 spiro atoms. The van der Waals surface area contributed by atoms with Crippen molar-refractivity contribution >= 4 is 23.0 Å². The number of rotatable bonds is 1. The molecule has 0 fully saturated rings. The molecule has 72 valence electrons. The van der Waals surface area contributed by atoms with E-state index in [1.165, 1.54) is 11.3 Å². The monoisotopic (exact) mass is 214 g/mol. The molecule has 3 rings (SSSR count). The van der Waals surface area contributed by atoms with E-state index in [2.05, 4.69) is 9.98 Å². The van der Waals surface area contributed by atoms with Gasteiger partial charge in [-0.3, -0.25) is 4.79 Å². The number of amides is 1. The molecule has 0 N–H and O–H groups in total. The Morgan fingerprint density at radius 3 is 2.67 bits per heavy atom. The number of hydrogen-bond donors (Lipinski definition) is 0. The summed E-state index contributed by atoms with van der Waals surface area (Å²) >= 11 is 1.50. The summed E-state index contributed by atoms with van der Waals surface area (Å²) in [7, 11) is 0. The van der Waals surface area contributed by atoms with Crippen LogP contribution in [0.15, 0.2) is 40.1 Å². The zero-order valence-corrected chi connectivity index (χ0v) is 8.49. The van der Waals surface area contributed by atoms with Gasteiger partial charge in [0.05, 0.1) is 11.1 Å². The highest BCUT2D eigenvalue weighted by Gasteiger charge is 2.24. The van der Waals surface area contributed by atoms with Gasteiger partial charge in [0.25, 0.3) is 5.91 Å². The molecule has 1 aromatic carbocycles. The van der Waals surface area contributed by atoms with Crippen LogP contribution in [0.4, 0.5) is 0 Å². The van der Waals surface area contributed by atoms with Crippen molar-refractivity contribution in [2.24, 2.45) is 4.99 Å². The number of thiazole rings is 1. The molecular formula is C11H6N2OS. The maximum atomic E-state index is 11.6. The van der Waals surface area contributed by atoms with E-state index in [1.807, 2.05) is 23.6 Å². The SMILES string of the molecule is O=C1N=C(c2cscn2)c2ccccc21. The normalized spacial score (nSPS) is 13.9. The van der Waals surface area contributed by atoms with Gasteiger partial charge in [0.15, 0.2) is 0 Å². The lowest BCUT2D eigenvalue weighted by molar-refractivity contribution is 0.101. The largest absolute Gasteiger partial charge is 0.278 e. The van der Waals surface area contributed by atoms with Crippen molar-refractivity contribution in [1.29, 1.82) is 0 Å². The molecule has 1 aromatic heterocycles. The Morgan fingerprint density at radius 1 is 1.13 bits per heavy atom. The molecule has 15 heavy (non-hydrogen) atoms. The third kappa shape index (κ3) is 1.22. The minimum atomic E-state index is -0.173. The molecule has 0 atom stereocenters. The van der Waals surface area contributed by atoms with E-state index in [4.69, 9.17) is 0 Å². The lowest BCUT2D eigenvalue weighted by Gasteiger charge is -1.97. The van der Waals surface area contributed by atoms with Crippen LogP contribution in [0.1, 0.15) is 21.6 Å². The molecule has 3 nitrogen and oxygen atoms in total. The summed E-state index contributed by atoms with van der Waals surface area (Å²) in [6, 6.07) is 7.44. The number of benzene rings is 1. The van der Waals surface area contributed by atoms with E-state index >= 15 is 0 Å². The number of carbonyl (C=O) groups excluding carboxylic acids is 1. The van der Waals surface area contributed by atoms with E-state index in [0.717, 1.165) is 11.3 Å². The van der Waals surface area contributed by atoms with Crippen LogP contribution in [0.3, 0.4) is 0 Å². The van der Waals surface area contributed by atoms with E-state index in [9.17, 15) is 4.79 Å². The smallest absolute Gasteiger partial charge is 0.267 e. The Labute approximate surface area is 90.1 Å². The second kappa shape index (κ2) is 3.10. The lowest BCUT2D eigenvalue weighted by Crippen LogP contribution is -2.00. The number of fused-ring (bicyclic) bond motifs is 1. The number of carbonyl (C=O) groups is 1. The summed E-state index contributed by atoms with van der Waals surface area (Å²) in [5, 5.41) is 1.90. The van der Waals surface area contributed by atoms with E-state index in [0.29, 0.717) is 11.3 Å². The van der Waals surface area contributed by atoms with Crippen LogP contribution < -0.4 is 0 Å². The topological polar surface area (TPSA) is 42.3 Å². The van der Waals surface area contributed by atoms with Gasteiger partial charge in [-0.05, 0) is 6.07 Å². The van der Waals surface area contributed by atoms with Gasteiger partial charge in [0.2, 0.25) is 0 Å². The van der Waals surface area contributed by atoms with Crippen LogP contribution in [0.5, 0.6) is 0 Å². The summed E-state index contributed by atoms with van der Waals surface area (Å²) in [6.07, 6.45) is 0. The zero-order valence-electron chi connectivity index (χ0n) is 7.68. The molecule has 2 heterocycles. The van der Waals surface area contributed by atoms with E-state index in [1.54, 1.807) is 11.6 Å². The third-order valence-corrected chi connectivity index (χ3v) is 2.89. The molecule has 0 unspecified atom stereocenters. The molecule has 1 aliphatic rings. The van der Waals surface area contributed by atoms with Crippen LogP contribution in [0, 0.1) is 0 Å². The van der Waals surface area contributed by atoms with Gasteiger partial charge in [-0.15, -0.1) is 11.3 Å². The van der Waals surface area contributed by atoms with Crippen LogP contribution in [0.25, 0.3) is 0 Å². The minimum Gasteiger partial charge on any atom is -0.267 e. The summed E-state index contributed by atoms with van der Waals surface area (Å²) in [5.41, 5.74) is 4.76. The standard InChI is InChI=1S/C11H6N2OS/c14-11-8-4-2-1-3-7(8)10(13-11)9-5-15-6-12-9/h1-6H. The van der Waals surface area contributed by atoms with Crippen LogP contribution in [-0.4, -0.2) is 16.6 Å². The average Bonchev–Trinajstić information content (AvgIpc) is 2.87. The molecule has 0 radical (unpaired) electrons. The third-order valence-electron chi connectivity index (χ3n) is 2.30. The first-order chi connectivity index (χ1) is 7.36. The van der Waals surface area contributed by atoms with Crippen molar-refractivity contribution in [3.63, 3.8) is 0 Å². The first-order valence-electron chi connectivity index (χ1n) is 4.47. The molecule has 0 bridgehead atoms. The van der Waals surface area contributed by atoms with Crippen molar-refractivity contribution in [1.82, 2.24) is 4.98 Å². The lowest BCUT2D eigenvalue weighted by atomic mass is 10.0. The summed E-state index contributed by atoms with van der Waals surface area (Å²) in [4.78, 5) is 19.7. The van der Waals surface area contributed by atoms with Gasteiger partial charge in [0.1, 0.15) is 11.4 Å². The second-order valence-corrected chi connectivity index (χ2v) is 3.90. The van der Waals surface area contributed by atoms with Crippen molar-refractivity contribution in [2.45, 2.75) is 0 Å². The van der Waals surface area contributed by atoms with Crippen LogP contribution in [-0.2, 0) is 0 Å². The Kier molecular flexibility index (Phi) is 1.76. The molecule has 2 aromatic rings. The van der Waals surface area contributed by atoms with Crippen molar-refractivity contribution in [3.8, 4) is 0 Å². The molecular weight excluding hydrogens is 208 g/mol. The molecule has 0 saturated heterocycles. The summed E-state index contributed by atoms with van der Waals surface area (Å²) < 4.78 is 0. The maximum absolute atomic E-state index is 11.6. The highest BCUT2D eigenvalue weighted by molar-refractivity contribution is 7.07. The predicted molar refractivity (Wildman–Crippen MR) is 58.5 cm³/mol. The van der Waals surface area contributed by atoms with Crippen molar-refractivity contribution in [2.75, 3.05) is 0 Å². The zero-order chi connectivity index (χ0) is 10.3. The van der Waals surface area contributed by atoms with E-state index in [-0.39, 0.29) is 5.91 Å². The maximum Gasteiger partial charge on any atom is 0.278 e. The summed E-state index contributed by atoms with van der Waals surface area (Å²) in [5.74, 6) is -0.173. The molecule has 1 amide bonds. The van der Waals surface area contributed by atoms with E-state index < -0.39 is 0 Å². The fourth-order valence-corrected chi connectivity index (χ4v) is 2.16. The Morgan fingerprint density at radius 2 is 1.93 bits per heavy atom. The summed E-state index contributed by atoms with van der Waals surface area (Å²) in [6.45, 7) is 0. The number of aromatic nitrogens is 1. The van der Waals surface area contributed by atoms with Gasteiger partial charge in [0, 0.05) is 10.9 Å². The van der Waals surface area contributed by atoms with Gasteiger partial charge in [-0.2, -0.15) is 0 Å². The Hall–Kier alpha value is -1.81. The second-order valence-electron chi connectivity index (χ2n) is 3.18. The number of hydrogen-bond acceptors (Lipinski definition) is 3. The highest BCUT2D eigenvalue weighted by Crippen LogP contribution is 2.22. The molecule has 4 heteroatoms. The average molecular weight is 214 g/mol. The van der Waals surface area contributed by atoms with Crippen molar-refractivity contribution in [3.05, 3.63) is 52.0 Å². The van der Waals surface area contributed by atoms with Crippen LogP contribution in [0.2, 0.25) is 0 Å². The molecule has 0 aliphatic carbocycles. The van der Waals surface area contributed by atoms with Crippen molar-refractivity contribution < 1.29 is 4.79 Å². The predicted octanol–water partition coefficient (Wildman–Crippen LogP) is 2.13. The van der Waals surface area contributed by atoms with Gasteiger partial charge in [-0.1, -0.05) is 18.2 Å². The highest BCUT2D eigenvalue weighted by atomic mass is 32.1. The molecule has 1 aliphatic heterocycles.